The van der Waals surface area contributed by atoms with Gasteiger partial charge in [-0.05, 0) is 18.2 Å². The van der Waals surface area contributed by atoms with Gasteiger partial charge >= 0.3 is 12.0 Å². The van der Waals surface area contributed by atoms with E-state index in [2.05, 4.69) is 10.3 Å². The summed E-state index contributed by atoms with van der Waals surface area (Å²) in [6.07, 6.45) is 0.245. The van der Waals surface area contributed by atoms with Crippen LogP contribution in [0.1, 0.15) is 16.9 Å². The zero-order chi connectivity index (χ0) is 14.3. The number of fused-ring (bicyclic) bond motifs is 1. The third kappa shape index (κ3) is 1.99. The minimum absolute atomic E-state index is 0.0930. The highest BCUT2D eigenvalue weighted by molar-refractivity contribution is 6.06. The lowest BCUT2D eigenvalue weighted by Gasteiger charge is -2.26. The summed E-state index contributed by atoms with van der Waals surface area (Å²) in [6, 6.07) is 6.21. The minimum Gasteiger partial charge on any atom is -0.477 e. The number of carboxylic acids is 1. The fourth-order valence-corrected chi connectivity index (χ4v) is 2.21. The number of aromatic nitrogens is 1. The van der Waals surface area contributed by atoms with Crippen molar-refractivity contribution >= 4 is 34.5 Å². The topological polar surface area (TPSA) is 102 Å². The second kappa shape index (κ2) is 4.37. The highest BCUT2D eigenvalue weighted by atomic mass is 16.4. The van der Waals surface area contributed by atoms with Gasteiger partial charge in [-0.2, -0.15) is 0 Å². The van der Waals surface area contributed by atoms with Crippen molar-refractivity contribution < 1.29 is 19.5 Å². The van der Waals surface area contributed by atoms with Gasteiger partial charge in [0.2, 0.25) is 5.91 Å². The molecule has 0 atom stereocenters. The molecule has 1 aliphatic rings. The van der Waals surface area contributed by atoms with Crippen molar-refractivity contribution in [2.24, 2.45) is 0 Å². The molecule has 0 saturated carbocycles. The molecule has 20 heavy (non-hydrogen) atoms. The van der Waals surface area contributed by atoms with Gasteiger partial charge in [0.15, 0.2) is 0 Å². The van der Waals surface area contributed by atoms with E-state index < -0.39 is 12.0 Å². The van der Waals surface area contributed by atoms with Crippen molar-refractivity contribution in [2.75, 3.05) is 11.4 Å². The molecular formula is C13H11N3O4. The number of aromatic amines is 1. The Balaban J connectivity index is 1.98. The predicted octanol–water partition coefficient (Wildman–Crippen LogP) is 1.31. The Morgan fingerprint density at radius 2 is 2.05 bits per heavy atom. The standard InChI is InChI=1S/C13H11N3O4/c17-11-3-4-16(13(20)15-11)8-2-1-7-5-10(12(18)19)14-9(7)6-8/h1-2,5-6,14H,3-4H2,(H,18,19)(H,15,17,20). The second-order valence-corrected chi connectivity index (χ2v) is 4.51. The first-order valence-corrected chi connectivity index (χ1v) is 6.02. The Morgan fingerprint density at radius 3 is 2.75 bits per heavy atom. The van der Waals surface area contributed by atoms with Crippen molar-refractivity contribution in [3.8, 4) is 0 Å². The molecule has 0 aliphatic carbocycles. The van der Waals surface area contributed by atoms with E-state index in [-0.39, 0.29) is 18.0 Å². The molecule has 1 fully saturated rings. The van der Waals surface area contributed by atoms with Gasteiger partial charge in [0.1, 0.15) is 5.69 Å². The van der Waals surface area contributed by atoms with Crippen LogP contribution in [-0.4, -0.2) is 34.5 Å². The lowest BCUT2D eigenvalue weighted by molar-refractivity contribution is -0.120. The van der Waals surface area contributed by atoms with Crippen molar-refractivity contribution in [3.63, 3.8) is 0 Å². The molecule has 3 rings (SSSR count). The van der Waals surface area contributed by atoms with Gasteiger partial charge in [-0.1, -0.05) is 6.07 Å². The quantitative estimate of drug-likeness (QED) is 0.767. The summed E-state index contributed by atoms with van der Waals surface area (Å²) in [5.41, 5.74) is 1.33. The Kier molecular flexibility index (Phi) is 2.67. The van der Waals surface area contributed by atoms with Crippen LogP contribution in [0.5, 0.6) is 0 Å². The number of carbonyl (C=O) groups excluding carboxylic acids is 2. The lowest BCUT2D eigenvalue weighted by atomic mass is 10.2. The molecule has 0 radical (unpaired) electrons. The number of carboxylic acid groups (broad SMARTS) is 1. The number of aromatic carboxylic acids is 1. The van der Waals surface area contributed by atoms with Crippen molar-refractivity contribution in [3.05, 3.63) is 30.0 Å². The summed E-state index contributed by atoms with van der Waals surface area (Å²) in [6.45, 7) is 0.308. The average Bonchev–Trinajstić information content (AvgIpc) is 2.81. The summed E-state index contributed by atoms with van der Waals surface area (Å²) in [5.74, 6) is -1.33. The number of hydrogen-bond acceptors (Lipinski definition) is 3. The maximum Gasteiger partial charge on any atom is 0.352 e. The number of anilines is 1. The Hall–Kier alpha value is -2.83. The molecule has 7 nitrogen and oxygen atoms in total. The van der Waals surface area contributed by atoms with E-state index in [0.29, 0.717) is 17.7 Å². The molecule has 1 aromatic heterocycles. The van der Waals surface area contributed by atoms with Gasteiger partial charge in [0.05, 0.1) is 0 Å². The SMILES string of the molecule is O=C1CCN(c2ccc3cc(C(=O)O)[nH]c3c2)C(=O)N1. The summed E-state index contributed by atoms with van der Waals surface area (Å²) >= 11 is 0. The first kappa shape index (κ1) is 12.2. The molecule has 1 aliphatic heterocycles. The Morgan fingerprint density at radius 1 is 1.25 bits per heavy atom. The van der Waals surface area contributed by atoms with Gasteiger partial charge in [-0.15, -0.1) is 0 Å². The largest absolute Gasteiger partial charge is 0.477 e. The summed E-state index contributed by atoms with van der Waals surface area (Å²) in [5, 5.41) is 11.9. The number of nitrogens with one attached hydrogen (secondary N) is 2. The zero-order valence-electron chi connectivity index (χ0n) is 10.3. The third-order valence-electron chi connectivity index (χ3n) is 3.20. The fraction of sp³-hybridized carbons (Fsp3) is 0.154. The van der Waals surface area contributed by atoms with Crippen LogP contribution in [0.3, 0.4) is 0 Å². The molecule has 1 aromatic carbocycles. The van der Waals surface area contributed by atoms with E-state index in [4.69, 9.17) is 5.11 Å². The smallest absolute Gasteiger partial charge is 0.352 e. The van der Waals surface area contributed by atoms with Gasteiger partial charge in [-0.25, -0.2) is 9.59 Å². The van der Waals surface area contributed by atoms with Gasteiger partial charge in [0, 0.05) is 29.6 Å². The molecule has 0 spiro atoms. The number of nitrogens with zero attached hydrogens (tertiary/aromatic N) is 1. The van der Waals surface area contributed by atoms with Crippen molar-refractivity contribution in [1.82, 2.24) is 10.3 Å². The van der Waals surface area contributed by atoms with E-state index >= 15 is 0 Å². The Bertz CT molecular complexity index is 734. The van der Waals surface area contributed by atoms with Gasteiger partial charge < -0.3 is 10.1 Å². The van der Waals surface area contributed by atoms with Crippen LogP contribution in [0.25, 0.3) is 10.9 Å². The minimum atomic E-state index is -1.04. The van der Waals surface area contributed by atoms with E-state index in [1.54, 1.807) is 18.2 Å². The molecule has 0 unspecified atom stereocenters. The number of benzene rings is 1. The van der Waals surface area contributed by atoms with Crippen molar-refractivity contribution in [1.29, 1.82) is 0 Å². The van der Waals surface area contributed by atoms with Gasteiger partial charge in [-0.3, -0.25) is 15.0 Å². The molecule has 2 aromatic rings. The second-order valence-electron chi connectivity index (χ2n) is 4.51. The van der Waals surface area contributed by atoms with E-state index in [1.807, 2.05) is 0 Å². The monoisotopic (exact) mass is 273 g/mol. The summed E-state index contributed by atoms with van der Waals surface area (Å²) in [7, 11) is 0. The normalized spacial score (nSPS) is 15.5. The van der Waals surface area contributed by atoms with Crippen LogP contribution in [0.2, 0.25) is 0 Å². The number of H-pyrrole nitrogens is 1. The molecule has 1 saturated heterocycles. The first-order chi connectivity index (χ1) is 9.54. The highest BCUT2D eigenvalue weighted by Gasteiger charge is 2.24. The maximum atomic E-state index is 11.7. The number of amides is 3. The van der Waals surface area contributed by atoms with E-state index in [9.17, 15) is 14.4 Å². The van der Waals surface area contributed by atoms with Crippen LogP contribution < -0.4 is 10.2 Å². The molecular weight excluding hydrogens is 262 g/mol. The number of urea groups is 1. The summed E-state index contributed by atoms with van der Waals surface area (Å²) < 4.78 is 0. The molecule has 2 heterocycles. The average molecular weight is 273 g/mol. The number of carbonyl (C=O) groups is 3. The molecule has 0 bridgehead atoms. The maximum absolute atomic E-state index is 11.7. The van der Waals surface area contributed by atoms with E-state index in [1.165, 1.54) is 11.0 Å². The van der Waals surface area contributed by atoms with Crippen LogP contribution in [-0.2, 0) is 4.79 Å². The predicted molar refractivity (Wildman–Crippen MR) is 70.8 cm³/mol. The van der Waals surface area contributed by atoms with Gasteiger partial charge in [0.25, 0.3) is 0 Å². The molecule has 7 heteroatoms. The number of imide groups is 1. The number of rotatable bonds is 2. The van der Waals surface area contributed by atoms with Crippen molar-refractivity contribution in [2.45, 2.75) is 6.42 Å². The molecule has 102 valence electrons. The lowest BCUT2D eigenvalue weighted by Crippen LogP contribution is -2.49. The molecule has 3 amide bonds. The van der Waals surface area contributed by atoms with Crippen LogP contribution in [0.15, 0.2) is 24.3 Å². The molecule has 3 N–H and O–H groups in total. The number of hydrogen-bond donors (Lipinski definition) is 3. The zero-order valence-corrected chi connectivity index (χ0v) is 10.3. The third-order valence-corrected chi connectivity index (χ3v) is 3.20. The van der Waals surface area contributed by atoms with Crippen LogP contribution >= 0.6 is 0 Å². The van der Waals surface area contributed by atoms with Crippen LogP contribution in [0.4, 0.5) is 10.5 Å². The highest BCUT2D eigenvalue weighted by Crippen LogP contribution is 2.24. The van der Waals surface area contributed by atoms with E-state index in [0.717, 1.165) is 5.39 Å². The first-order valence-electron chi connectivity index (χ1n) is 6.02. The van der Waals surface area contributed by atoms with Crippen LogP contribution in [0, 0.1) is 0 Å². The Labute approximate surface area is 113 Å². The summed E-state index contributed by atoms with van der Waals surface area (Å²) in [4.78, 5) is 38.0. The fourth-order valence-electron chi connectivity index (χ4n) is 2.21.